The number of methoxy groups -OCH3 is 1. The minimum absolute atomic E-state index is 0.222. The monoisotopic (exact) mass is 351 g/mol. The van der Waals surface area contributed by atoms with Crippen molar-refractivity contribution in [1.29, 1.82) is 0 Å². The molecule has 0 aliphatic rings. The Balaban J connectivity index is 2.16. The summed E-state index contributed by atoms with van der Waals surface area (Å²) in [4.78, 5) is 11.9. The van der Waals surface area contributed by atoms with Crippen LogP contribution in [0.1, 0.15) is 17.2 Å². The molecule has 0 aliphatic carbocycles. The maximum Gasteiger partial charge on any atom is 0.327 e. The van der Waals surface area contributed by atoms with Gasteiger partial charge in [0.1, 0.15) is 11.9 Å². The predicted octanol–water partition coefficient (Wildman–Crippen LogP) is 3.59. The molecule has 0 aromatic heterocycles. The van der Waals surface area contributed by atoms with Gasteiger partial charge in [0.15, 0.2) is 0 Å². The number of benzene rings is 2. The summed E-state index contributed by atoms with van der Waals surface area (Å²) in [5, 5.41) is 3.04. The van der Waals surface area contributed by atoms with Crippen LogP contribution in [0.2, 0.25) is 0 Å². The van der Waals surface area contributed by atoms with Crippen LogP contribution in [0.15, 0.2) is 53.0 Å². The molecule has 0 amide bonds. The van der Waals surface area contributed by atoms with E-state index in [9.17, 15) is 9.18 Å². The molecule has 2 aromatic carbocycles. The lowest BCUT2D eigenvalue weighted by molar-refractivity contribution is -0.143. The molecule has 1 N–H and O–H groups in total. The van der Waals surface area contributed by atoms with Crippen molar-refractivity contribution in [1.82, 2.24) is 5.32 Å². The molecule has 3 nitrogen and oxygen atoms in total. The van der Waals surface area contributed by atoms with Gasteiger partial charge in [0.05, 0.1) is 7.11 Å². The third kappa shape index (κ3) is 4.12. The first-order chi connectivity index (χ1) is 10.1. The molecule has 0 bridgehead atoms. The number of nitrogens with one attached hydrogen (secondary N) is 1. The molecule has 0 saturated heterocycles. The predicted molar refractivity (Wildman–Crippen MR) is 82.1 cm³/mol. The van der Waals surface area contributed by atoms with Gasteiger partial charge >= 0.3 is 5.97 Å². The Morgan fingerprint density at radius 2 is 2.00 bits per heavy atom. The fourth-order valence-corrected chi connectivity index (χ4v) is 2.40. The fraction of sp³-hybridized carbons (Fsp3) is 0.188. The van der Waals surface area contributed by atoms with Gasteiger partial charge in [-0.05, 0) is 23.8 Å². The number of hydrogen-bond donors (Lipinski definition) is 1. The van der Waals surface area contributed by atoms with Crippen LogP contribution in [0.5, 0.6) is 0 Å². The average molecular weight is 352 g/mol. The van der Waals surface area contributed by atoms with E-state index in [2.05, 4.69) is 21.2 Å². The highest BCUT2D eigenvalue weighted by molar-refractivity contribution is 9.10. The largest absolute Gasteiger partial charge is 0.468 e. The van der Waals surface area contributed by atoms with Gasteiger partial charge in [-0.1, -0.05) is 46.3 Å². The van der Waals surface area contributed by atoms with Crippen molar-refractivity contribution in [2.75, 3.05) is 7.11 Å². The number of carbonyl (C=O) groups excluding carboxylic acids is 1. The molecule has 0 spiro atoms. The van der Waals surface area contributed by atoms with E-state index in [0.29, 0.717) is 5.56 Å². The van der Waals surface area contributed by atoms with Crippen LogP contribution in [0.4, 0.5) is 4.39 Å². The maximum atomic E-state index is 13.7. The molecular formula is C16H15BrFNO2. The molecule has 21 heavy (non-hydrogen) atoms. The molecule has 1 atom stereocenters. The lowest BCUT2D eigenvalue weighted by atomic mass is 10.1. The van der Waals surface area contributed by atoms with Crippen LogP contribution in [0.25, 0.3) is 0 Å². The Kier molecular flexibility index (Phi) is 5.47. The highest BCUT2D eigenvalue weighted by atomic mass is 79.9. The van der Waals surface area contributed by atoms with Crippen molar-refractivity contribution in [2.24, 2.45) is 0 Å². The smallest absolute Gasteiger partial charge is 0.327 e. The standard InChI is InChI=1S/C16H15BrFNO2/c1-21-16(20)15(11-5-3-2-4-6-11)19-10-12-9-13(17)7-8-14(12)18/h2-9,15,19H,10H2,1H3. The first kappa shape index (κ1) is 15.7. The zero-order valence-corrected chi connectivity index (χ0v) is 13.1. The number of halogens is 2. The van der Waals surface area contributed by atoms with Gasteiger partial charge in [-0.25, -0.2) is 9.18 Å². The average Bonchev–Trinajstić information content (AvgIpc) is 2.51. The van der Waals surface area contributed by atoms with Crippen molar-refractivity contribution in [2.45, 2.75) is 12.6 Å². The number of carbonyl (C=O) groups is 1. The van der Waals surface area contributed by atoms with Crippen molar-refractivity contribution < 1.29 is 13.9 Å². The van der Waals surface area contributed by atoms with E-state index in [1.165, 1.54) is 13.2 Å². The molecule has 0 aliphatic heterocycles. The van der Waals surface area contributed by atoms with Crippen LogP contribution in [-0.4, -0.2) is 13.1 Å². The minimum Gasteiger partial charge on any atom is -0.468 e. The molecule has 1 unspecified atom stereocenters. The summed E-state index contributed by atoms with van der Waals surface area (Å²) in [5.74, 6) is -0.723. The first-order valence-corrected chi connectivity index (χ1v) is 7.21. The second-order valence-electron chi connectivity index (χ2n) is 4.48. The van der Waals surface area contributed by atoms with Crippen LogP contribution >= 0.6 is 15.9 Å². The highest BCUT2D eigenvalue weighted by Gasteiger charge is 2.20. The van der Waals surface area contributed by atoms with Crippen LogP contribution in [-0.2, 0) is 16.1 Å². The zero-order valence-electron chi connectivity index (χ0n) is 11.5. The third-order valence-corrected chi connectivity index (χ3v) is 3.57. The summed E-state index contributed by atoms with van der Waals surface area (Å²) in [6.07, 6.45) is 0. The molecule has 0 heterocycles. The van der Waals surface area contributed by atoms with Gasteiger partial charge in [0, 0.05) is 16.6 Å². The lowest BCUT2D eigenvalue weighted by Crippen LogP contribution is -2.29. The Morgan fingerprint density at radius 1 is 1.29 bits per heavy atom. The molecule has 2 rings (SSSR count). The summed E-state index contributed by atoms with van der Waals surface area (Å²) in [6.45, 7) is 0.222. The SMILES string of the molecule is COC(=O)C(NCc1cc(Br)ccc1F)c1ccccc1. The third-order valence-electron chi connectivity index (χ3n) is 3.07. The second-order valence-corrected chi connectivity index (χ2v) is 5.40. The summed E-state index contributed by atoms with van der Waals surface area (Å²) in [6, 6.07) is 13.3. The Bertz CT molecular complexity index is 619. The second kappa shape index (κ2) is 7.33. The summed E-state index contributed by atoms with van der Waals surface area (Å²) < 4.78 is 19.3. The van der Waals surface area contributed by atoms with Crippen molar-refractivity contribution in [3.63, 3.8) is 0 Å². The topological polar surface area (TPSA) is 38.3 Å². The van der Waals surface area contributed by atoms with Crippen LogP contribution < -0.4 is 5.32 Å². The molecule has 0 saturated carbocycles. The van der Waals surface area contributed by atoms with Gasteiger partial charge in [0.2, 0.25) is 0 Å². The van der Waals surface area contributed by atoms with Gasteiger partial charge in [-0.2, -0.15) is 0 Å². The number of esters is 1. The number of ether oxygens (including phenoxy) is 1. The van der Waals surface area contributed by atoms with E-state index < -0.39 is 12.0 Å². The Morgan fingerprint density at radius 3 is 2.67 bits per heavy atom. The van der Waals surface area contributed by atoms with Gasteiger partial charge in [0.25, 0.3) is 0 Å². The van der Waals surface area contributed by atoms with Gasteiger partial charge in [-0.15, -0.1) is 0 Å². The van der Waals surface area contributed by atoms with E-state index >= 15 is 0 Å². The quantitative estimate of drug-likeness (QED) is 0.836. The lowest BCUT2D eigenvalue weighted by Gasteiger charge is -2.17. The molecule has 5 heteroatoms. The Labute approximate surface area is 131 Å². The molecule has 0 radical (unpaired) electrons. The molecule has 110 valence electrons. The fourth-order valence-electron chi connectivity index (χ4n) is 1.99. The van der Waals surface area contributed by atoms with E-state index in [4.69, 9.17) is 4.74 Å². The zero-order chi connectivity index (χ0) is 15.2. The van der Waals surface area contributed by atoms with E-state index in [1.54, 1.807) is 12.1 Å². The van der Waals surface area contributed by atoms with Crippen molar-refractivity contribution in [3.8, 4) is 0 Å². The highest BCUT2D eigenvalue weighted by Crippen LogP contribution is 2.18. The normalized spacial score (nSPS) is 12.0. The van der Waals surface area contributed by atoms with Crippen LogP contribution in [0.3, 0.4) is 0 Å². The summed E-state index contributed by atoms with van der Waals surface area (Å²) >= 11 is 3.30. The van der Waals surface area contributed by atoms with Crippen molar-refractivity contribution >= 4 is 21.9 Å². The minimum atomic E-state index is -0.630. The number of rotatable bonds is 5. The number of hydrogen-bond acceptors (Lipinski definition) is 3. The molecule has 2 aromatic rings. The summed E-state index contributed by atoms with van der Waals surface area (Å²) in [7, 11) is 1.33. The summed E-state index contributed by atoms with van der Waals surface area (Å²) in [5.41, 5.74) is 1.26. The molecule has 0 fully saturated rings. The van der Waals surface area contributed by atoms with Crippen LogP contribution in [0, 0.1) is 5.82 Å². The maximum absolute atomic E-state index is 13.7. The van der Waals surface area contributed by atoms with E-state index in [-0.39, 0.29) is 12.4 Å². The van der Waals surface area contributed by atoms with E-state index in [0.717, 1.165) is 10.0 Å². The van der Waals surface area contributed by atoms with Gasteiger partial charge in [-0.3, -0.25) is 5.32 Å². The van der Waals surface area contributed by atoms with Crippen molar-refractivity contribution in [3.05, 3.63) is 69.9 Å². The Hall–Kier alpha value is -1.72. The first-order valence-electron chi connectivity index (χ1n) is 6.42. The van der Waals surface area contributed by atoms with Gasteiger partial charge < -0.3 is 4.74 Å². The van der Waals surface area contributed by atoms with E-state index in [1.807, 2.05) is 30.3 Å². The molecular weight excluding hydrogens is 337 g/mol.